The van der Waals surface area contributed by atoms with Crippen molar-refractivity contribution in [3.05, 3.63) is 65.7 Å². The van der Waals surface area contributed by atoms with Crippen LogP contribution < -0.4 is 10.2 Å². The van der Waals surface area contributed by atoms with Crippen molar-refractivity contribution in [1.82, 2.24) is 0 Å². The lowest BCUT2D eigenvalue weighted by Crippen LogP contribution is -2.92. The van der Waals surface area contributed by atoms with E-state index in [2.05, 4.69) is 0 Å². The first-order valence-electron chi connectivity index (χ1n) is 7.75. The maximum atomic E-state index is 13.6. The second kappa shape index (κ2) is 6.88. The maximum absolute atomic E-state index is 13.6. The van der Waals surface area contributed by atoms with Gasteiger partial charge in [0, 0.05) is 6.42 Å². The van der Waals surface area contributed by atoms with Gasteiger partial charge in [-0.05, 0) is 35.9 Å². The summed E-state index contributed by atoms with van der Waals surface area (Å²) in [6.07, 6.45) is 0.564. The number of amides is 2. The first-order chi connectivity index (χ1) is 11.6. The Morgan fingerprint density at radius 3 is 2.46 bits per heavy atom. The quantitative estimate of drug-likeness (QED) is 0.842. The number of anilines is 1. The minimum absolute atomic E-state index is 0.0908. The van der Waals surface area contributed by atoms with Gasteiger partial charge in [0.2, 0.25) is 5.91 Å². The molecule has 24 heavy (non-hydrogen) atoms. The van der Waals surface area contributed by atoms with Crippen molar-refractivity contribution < 1.29 is 23.7 Å². The van der Waals surface area contributed by atoms with E-state index in [0.29, 0.717) is 24.2 Å². The third-order valence-electron chi connectivity index (χ3n) is 4.09. The molecular weight excluding hydrogens is 314 g/mol. The number of nitrogens with zero attached hydrogens (tertiary/aromatic N) is 1. The fraction of sp³-hybridized carbons (Fsp3) is 0.222. The van der Waals surface area contributed by atoms with Crippen LogP contribution in [0.15, 0.2) is 48.5 Å². The molecule has 2 N–H and O–H groups in total. The summed E-state index contributed by atoms with van der Waals surface area (Å²) >= 11 is 0. The summed E-state index contributed by atoms with van der Waals surface area (Å²) in [5.41, 5.74) is 0.956. The number of benzene rings is 2. The average molecular weight is 331 g/mol. The summed E-state index contributed by atoms with van der Waals surface area (Å²) in [7, 11) is 0. The molecule has 3 rings (SSSR count). The molecule has 2 aromatic carbocycles. The van der Waals surface area contributed by atoms with E-state index in [4.69, 9.17) is 0 Å². The van der Waals surface area contributed by atoms with Crippen LogP contribution in [0.2, 0.25) is 0 Å². The Bertz CT molecular complexity index is 762. The lowest BCUT2D eigenvalue weighted by molar-refractivity contribution is -0.674. The predicted molar refractivity (Wildman–Crippen MR) is 84.2 cm³/mol. The Kier molecular flexibility index (Phi) is 4.66. The van der Waals surface area contributed by atoms with Crippen LogP contribution in [0.3, 0.4) is 0 Å². The lowest BCUT2D eigenvalue weighted by atomic mass is 10.1. The van der Waals surface area contributed by atoms with Gasteiger partial charge in [-0.3, -0.25) is 9.59 Å². The van der Waals surface area contributed by atoms with Crippen LogP contribution in [0.25, 0.3) is 0 Å². The fourth-order valence-corrected chi connectivity index (χ4v) is 2.84. The molecule has 4 nitrogen and oxygen atoms in total. The van der Waals surface area contributed by atoms with E-state index < -0.39 is 11.9 Å². The minimum atomic E-state index is -0.519. The molecule has 1 saturated heterocycles. The monoisotopic (exact) mass is 331 g/mol. The maximum Gasteiger partial charge on any atom is 0.292 e. The molecule has 2 amide bonds. The first kappa shape index (κ1) is 16.3. The van der Waals surface area contributed by atoms with Crippen molar-refractivity contribution in [2.75, 3.05) is 11.4 Å². The Labute approximate surface area is 138 Å². The highest BCUT2D eigenvalue weighted by atomic mass is 19.1. The van der Waals surface area contributed by atoms with Gasteiger partial charge in [0.15, 0.2) is 6.04 Å². The van der Waals surface area contributed by atoms with Gasteiger partial charge in [-0.2, -0.15) is 0 Å². The van der Waals surface area contributed by atoms with Crippen LogP contribution in [0, 0.1) is 11.6 Å². The molecule has 1 atom stereocenters. The van der Waals surface area contributed by atoms with Crippen LogP contribution in [0.1, 0.15) is 12.0 Å². The van der Waals surface area contributed by atoms with Crippen LogP contribution in [-0.2, 0) is 16.0 Å². The zero-order valence-electron chi connectivity index (χ0n) is 12.9. The Hall–Kier alpha value is -2.60. The van der Waals surface area contributed by atoms with E-state index in [1.807, 2.05) is 0 Å². The fourth-order valence-electron chi connectivity index (χ4n) is 2.84. The van der Waals surface area contributed by atoms with E-state index >= 15 is 0 Å². The molecule has 1 aliphatic rings. The van der Waals surface area contributed by atoms with E-state index in [-0.39, 0.29) is 24.1 Å². The molecule has 2 aromatic rings. The molecule has 124 valence electrons. The first-order valence-corrected chi connectivity index (χ1v) is 7.75. The van der Waals surface area contributed by atoms with Crippen molar-refractivity contribution in [2.45, 2.75) is 18.9 Å². The highest BCUT2D eigenvalue weighted by molar-refractivity contribution is 6.21. The summed E-state index contributed by atoms with van der Waals surface area (Å²) in [4.78, 5) is 25.6. The number of carbonyl (C=O) groups is 2. The number of rotatable bonds is 5. The van der Waals surface area contributed by atoms with Crippen molar-refractivity contribution in [2.24, 2.45) is 0 Å². The highest BCUT2D eigenvalue weighted by Crippen LogP contribution is 2.21. The lowest BCUT2D eigenvalue weighted by Gasteiger charge is -2.14. The average Bonchev–Trinajstić information content (AvgIpc) is 2.84. The third-order valence-corrected chi connectivity index (χ3v) is 4.09. The number of nitrogens with two attached hydrogens (primary N) is 1. The van der Waals surface area contributed by atoms with Crippen molar-refractivity contribution >= 4 is 17.5 Å². The molecule has 0 aliphatic carbocycles. The topological polar surface area (TPSA) is 54.0 Å². The molecule has 6 heteroatoms. The number of imide groups is 1. The minimum Gasteiger partial charge on any atom is -0.335 e. The number of halogens is 2. The van der Waals surface area contributed by atoms with Crippen LogP contribution >= 0.6 is 0 Å². The molecule has 0 unspecified atom stereocenters. The number of hydrogen-bond acceptors (Lipinski definition) is 2. The van der Waals surface area contributed by atoms with Crippen molar-refractivity contribution in [3.8, 4) is 0 Å². The second-order valence-corrected chi connectivity index (χ2v) is 5.72. The van der Waals surface area contributed by atoms with Gasteiger partial charge in [0.25, 0.3) is 5.91 Å². The number of hydrogen-bond donors (Lipinski definition) is 1. The SMILES string of the molecule is O=C1C[C@H]([NH2+]CCc2ccccc2F)C(=O)N1c1ccc(F)cc1. The third kappa shape index (κ3) is 3.33. The Morgan fingerprint density at radius 2 is 1.75 bits per heavy atom. The van der Waals surface area contributed by atoms with Crippen LogP contribution in [-0.4, -0.2) is 24.4 Å². The number of quaternary nitrogens is 1. The predicted octanol–water partition coefficient (Wildman–Crippen LogP) is 1.40. The summed E-state index contributed by atoms with van der Waals surface area (Å²) in [6, 6.07) is 11.2. The molecule has 0 bridgehead atoms. The van der Waals surface area contributed by atoms with E-state index in [9.17, 15) is 18.4 Å². The van der Waals surface area contributed by atoms with Crippen molar-refractivity contribution in [1.29, 1.82) is 0 Å². The van der Waals surface area contributed by atoms with Gasteiger partial charge in [0.1, 0.15) is 11.6 Å². The van der Waals surface area contributed by atoms with Crippen LogP contribution in [0.5, 0.6) is 0 Å². The molecule has 1 aliphatic heterocycles. The zero-order valence-corrected chi connectivity index (χ0v) is 12.9. The summed E-state index contributed by atoms with van der Waals surface area (Å²) < 4.78 is 26.6. The normalized spacial score (nSPS) is 17.6. The largest absolute Gasteiger partial charge is 0.335 e. The Morgan fingerprint density at radius 1 is 1.04 bits per heavy atom. The summed E-state index contributed by atoms with van der Waals surface area (Å²) in [5, 5.41) is 1.76. The van der Waals surface area contributed by atoms with Crippen molar-refractivity contribution in [3.63, 3.8) is 0 Å². The van der Waals surface area contributed by atoms with Gasteiger partial charge >= 0.3 is 0 Å². The van der Waals surface area contributed by atoms with E-state index in [0.717, 1.165) is 4.90 Å². The van der Waals surface area contributed by atoms with E-state index in [1.54, 1.807) is 23.5 Å². The molecule has 0 saturated carbocycles. The van der Waals surface area contributed by atoms with Gasteiger partial charge in [0.05, 0.1) is 18.7 Å². The summed E-state index contributed by atoms with van der Waals surface area (Å²) in [5.74, 6) is -1.32. The molecule has 0 radical (unpaired) electrons. The molecular formula is C18H17F2N2O2+. The van der Waals surface area contributed by atoms with Gasteiger partial charge in [-0.15, -0.1) is 0 Å². The summed E-state index contributed by atoms with van der Waals surface area (Å²) in [6.45, 7) is 0.502. The van der Waals surface area contributed by atoms with Gasteiger partial charge < -0.3 is 5.32 Å². The highest BCUT2D eigenvalue weighted by Gasteiger charge is 2.42. The van der Waals surface area contributed by atoms with Gasteiger partial charge in [-0.1, -0.05) is 18.2 Å². The standard InChI is InChI=1S/C18H16F2N2O2/c19-13-5-7-14(8-6-13)22-17(23)11-16(18(22)24)21-10-9-12-3-1-2-4-15(12)20/h1-8,16,21H,9-11H2/p+1/t16-/m0/s1. The van der Waals surface area contributed by atoms with Gasteiger partial charge in [-0.25, -0.2) is 13.7 Å². The molecule has 1 heterocycles. The zero-order chi connectivity index (χ0) is 17.1. The molecule has 1 fully saturated rings. The second-order valence-electron chi connectivity index (χ2n) is 5.72. The van der Waals surface area contributed by atoms with E-state index in [1.165, 1.54) is 30.3 Å². The smallest absolute Gasteiger partial charge is 0.292 e. The molecule has 0 aromatic heterocycles. The van der Waals surface area contributed by atoms with Crippen LogP contribution in [0.4, 0.5) is 14.5 Å². The molecule has 0 spiro atoms. The Balaban J connectivity index is 1.62. The number of carbonyl (C=O) groups excluding carboxylic acids is 2.